The van der Waals surface area contributed by atoms with Gasteiger partial charge in [0.05, 0.1) is 7.11 Å². The second-order valence-electron chi connectivity index (χ2n) is 7.54. The molecule has 0 radical (unpaired) electrons. The maximum Gasteiger partial charge on any atom is 0.264 e. The SMILES string of the molecule is COc1cccc2c(-c3cc(Cl)cc4c3O[C@H](C(=O)N3CCNCC3)C4)ccnc12. The Bertz CT molecular complexity index is 1130. The van der Waals surface area contributed by atoms with Gasteiger partial charge in [-0.3, -0.25) is 9.78 Å². The highest BCUT2D eigenvalue weighted by atomic mass is 35.5. The number of ether oxygens (including phenoxy) is 2. The number of nitrogens with zero attached hydrogens (tertiary/aromatic N) is 2. The molecule has 6 nitrogen and oxygen atoms in total. The van der Waals surface area contributed by atoms with Crippen LogP contribution >= 0.6 is 11.6 Å². The molecule has 2 aliphatic rings. The molecule has 2 aromatic carbocycles. The summed E-state index contributed by atoms with van der Waals surface area (Å²) in [5, 5.41) is 4.84. The number of carbonyl (C=O) groups is 1. The van der Waals surface area contributed by atoms with Crippen LogP contribution in [0.3, 0.4) is 0 Å². The summed E-state index contributed by atoms with van der Waals surface area (Å²) in [5.74, 6) is 1.47. The standard InChI is InChI=1S/C23H22ClN3O3/c1-29-19-4-2-3-17-16(5-6-26-21(17)19)18-13-15(24)11-14-12-20(30-22(14)18)23(28)27-9-7-25-8-10-27/h2-6,11,13,20,25H,7-10,12H2,1H3/t20-/m0/s1. The Kier molecular flexibility index (Phi) is 4.97. The van der Waals surface area contributed by atoms with Gasteiger partial charge in [-0.1, -0.05) is 23.7 Å². The highest BCUT2D eigenvalue weighted by Gasteiger charge is 2.35. The summed E-state index contributed by atoms with van der Waals surface area (Å²) in [7, 11) is 1.63. The van der Waals surface area contributed by atoms with Gasteiger partial charge in [-0.2, -0.15) is 0 Å². The molecular formula is C23H22ClN3O3. The Morgan fingerprint density at radius 3 is 2.87 bits per heavy atom. The van der Waals surface area contributed by atoms with Crippen molar-refractivity contribution in [3.8, 4) is 22.6 Å². The van der Waals surface area contributed by atoms with E-state index in [1.165, 1.54) is 0 Å². The molecule has 0 spiro atoms. The molecule has 1 aromatic heterocycles. The van der Waals surface area contributed by atoms with Crippen LogP contribution in [-0.2, 0) is 11.2 Å². The number of hydrogen-bond donors (Lipinski definition) is 1. The molecule has 1 fully saturated rings. The quantitative estimate of drug-likeness (QED) is 0.700. The van der Waals surface area contributed by atoms with E-state index < -0.39 is 6.10 Å². The third kappa shape index (κ3) is 3.26. The summed E-state index contributed by atoms with van der Waals surface area (Å²) in [6.07, 6.45) is 1.77. The molecule has 0 unspecified atom stereocenters. The summed E-state index contributed by atoms with van der Waals surface area (Å²) in [4.78, 5) is 19.4. The monoisotopic (exact) mass is 423 g/mol. The van der Waals surface area contributed by atoms with Crippen molar-refractivity contribution in [1.82, 2.24) is 15.2 Å². The van der Waals surface area contributed by atoms with Crippen molar-refractivity contribution in [2.45, 2.75) is 12.5 Å². The van der Waals surface area contributed by atoms with E-state index in [2.05, 4.69) is 10.3 Å². The smallest absolute Gasteiger partial charge is 0.264 e. The number of nitrogens with one attached hydrogen (secondary N) is 1. The first kappa shape index (κ1) is 19.2. The van der Waals surface area contributed by atoms with Crippen LogP contribution in [0.5, 0.6) is 11.5 Å². The number of fused-ring (bicyclic) bond motifs is 2. The van der Waals surface area contributed by atoms with Crippen molar-refractivity contribution in [3.05, 3.63) is 53.2 Å². The topological polar surface area (TPSA) is 63.7 Å². The summed E-state index contributed by atoms with van der Waals surface area (Å²) in [5.41, 5.74) is 3.55. The first-order valence-electron chi connectivity index (χ1n) is 10.1. The summed E-state index contributed by atoms with van der Waals surface area (Å²) < 4.78 is 11.7. The lowest BCUT2D eigenvalue weighted by Crippen LogP contribution is -2.50. The van der Waals surface area contributed by atoms with E-state index in [0.717, 1.165) is 46.4 Å². The number of carbonyl (C=O) groups excluding carboxylic acids is 1. The largest absolute Gasteiger partial charge is 0.494 e. The summed E-state index contributed by atoms with van der Waals surface area (Å²) in [6.45, 7) is 3.04. The van der Waals surface area contributed by atoms with Gasteiger partial charge in [-0.15, -0.1) is 0 Å². The van der Waals surface area contributed by atoms with Crippen molar-refractivity contribution in [1.29, 1.82) is 0 Å². The lowest BCUT2D eigenvalue weighted by Gasteiger charge is -2.29. The molecule has 1 amide bonds. The fraction of sp³-hybridized carbons (Fsp3) is 0.304. The minimum atomic E-state index is -0.516. The number of amides is 1. The third-order valence-corrected chi connectivity index (χ3v) is 5.96. The average molecular weight is 424 g/mol. The molecule has 0 saturated carbocycles. The Hall–Kier alpha value is -2.83. The van der Waals surface area contributed by atoms with Gasteiger partial charge in [-0.05, 0) is 29.8 Å². The lowest BCUT2D eigenvalue weighted by molar-refractivity contribution is -0.138. The van der Waals surface area contributed by atoms with Gasteiger partial charge in [0, 0.05) is 60.3 Å². The summed E-state index contributed by atoms with van der Waals surface area (Å²) >= 11 is 6.46. The van der Waals surface area contributed by atoms with E-state index in [1.54, 1.807) is 13.3 Å². The van der Waals surface area contributed by atoms with Gasteiger partial charge in [0.1, 0.15) is 17.0 Å². The van der Waals surface area contributed by atoms with Crippen LogP contribution in [0, 0.1) is 0 Å². The maximum atomic E-state index is 13.0. The Balaban J connectivity index is 1.56. The number of methoxy groups -OCH3 is 1. The maximum absolute atomic E-state index is 13.0. The van der Waals surface area contributed by atoms with Crippen LogP contribution in [0.25, 0.3) is 22.0 Å². The Morgan fingerprint density at radius 1 is 1.23 bits per heavy atom. The van der Waals surface area contributed by atoms with E-state index in [1.807, 2.05) is 41.3 Å². The van der Waals surface area contributed by atoms with Gasteiger partial charge >= 0.3 is 0 Å². The molecule has 30 heavy (non-hydrogen) atoms. The van der Waals surface area contributed by atoms with E-state index in [0.29, 0.717) is 30.3 Å². The van der Waals surface area contributed by atoms with Crippen LogP contribution in [0.4, 0.5) is 0 Å². The molecule has 7 heteroatoms. The minimum Gasteiger partial charge on any atom is -0.494 e. The number of piperazine rings is 1. The Morgan fingerprint density at radius 2 is 2.07 bits per heavy atom. The van der Waals surface area contributed by atoms with Crippen LogP contribution in [0.2, 0.25) is 5.02 Å². The van der Waals surface area contributed by atoms with Crippen molar-refractivity contribution < 1.29 is 14.3 Å². The van der Waals surface area contributed by atoms with E-state index in [-0.39, 0.29) is 5.91 Å². The number of benzene rings is 2. The van der Waals surface area contributed by atoms with Crippen molar-refractivity contribution in [2.75, 3.05) is 33.3 Å². The highest BCUT2D eigenvalue weighted by molar-refractivity contribution is 6.31. The number of aromatic nitrogens is 1. The lowest BCUT2D eigenvalue weighted by atomic mass is 9.97. The molecule has 3 aromatic rings. The number of para-hydroxylation sites is 1. The molecule has 0 bridgehead atoms. The number of halogens is 1. The van der Waals surface area contributed by atoms with Crippen LogP contribution < -0.4 is 14.8 Å². The van der Waals surface area contributed by atoms with Crippen LogP contribution in [0.1, 0.15) is 5.56 Å². The fourth-order valence-corrected chi connectivity index (χ4v) is 4.54. The minimum absolute atomic E-state index is 0.0380. The molecule has 1 saturated heterocycles. The van der Waals surface area contributed by atoms with E-state index in [9.17, 15) is 4.79 Å². The first-order valence-corrected chi connectivity index (χ1v) is 10.4. The predicted molar refractivity (Wildman–Crippen MR) is 116 cm³/mol. The van der Waals surface area contributed by atoms with Crippen molar-refractivity contribution >= 4 is 28.4 Å². The van der Waals surface area contributed by atoms with Gasteiger partial charge in [0.2, 0.25) is 0 Å². The van der Waals surface area contributed by atoms with Crippen molar-refractivity contribution in [3.63, 3.8) is 0 Å². The zero-order chi connectivity index (χ0) is 20.7. The molecular weight excluding hydrogens is 402 g/mol. The van der Waals surface area contributed by atoms with Gasteiger partial charge in [0.25, 0.3) is 5.91 Å². The molecule has 5 rings (SSSR count). The molecule has 0 aliphatic carbocycles. The van der Waals surface area contributed by atoms with E-state index in [4.69, 9.17) is 21.1 Å². The number of rotatable bonds is 3. The van der Waals surface area contributed by atoms with Gasteiger partial charge in [0.15, 0.2) is 6.10 Å². The van der Waals surface area contributed by atoms with Gasteiger partial charge in [-0.25, -0.2) is 0 Å². The normalized spacial score (nSPS) is 18.2. The average Bonchev–Trinajstić information content (AvgIpc) is 3.21. The van der Waals surface area contributed by atoms with Crippen LogP contribution in [-0.4, -0.2) is 55.2 Å². The van der Waals surface area contributed by atoms with Crippen molar-refractivity contribution in [2.24, 2.45) is 0 Å². The molecule has 3 heterocycles. The first-order chi connectivity index (χ1) is 14.7. The molecule has 154 valence electrons. The fourth-order valence-electron chi connectivity index (χ4n) is 4.30. The van der Waals surface area contributed by atoms with Crippen LogP contribution in [0.15, 0.2) is 42.6 Å². The second-order valence-corrected chi connectivity index (χ2v) is 7.98. The van der Waals surface area contributed by atoms with E-state index >= 15 is 0 Å². The molecule has 1 N–H and O–H groups in total. The Labute approximate surface area is 179 Å². The number of pyridine rings is 1. The van der Waals surface area contributed by atoms with Gasteiger partial charge < -0.3 is 19.7 Å². The molecule has 1 atom stereocenters. The third-order valence-electron chi connectivity index (χ3n) is 5.74. The number of hydrogen-bond acceptors (Lipinski definition) is 5. The summed E-state index contributed by atoms with van der Waals surface area (Å²) in [6, 6.07) is 11.6. The second kappa shape index (κ2) is 7.78. The zero-order valence-corrected chi connectivity index (χ0v) is 17.4. The molecule has 2 aliphatic heterocycles. The highest BCUT2D eigenvalue weighted by Crippen LogP contribution is 2.44. The zero-order valence-electron chi connectivity index (χ0n) is 16.7. The predicted octanol–water partition coefficient (Wildman–Crippen LogP) is 3.30.